The van der Waals surface area contributed by atoms with Crippen molar-refractivity contribution < 1.29 is 0 Å². The molecular formula is C16H22N6O2. The van der Waals surface area contributed by atoms with Gasteiger partial charge in [-0.15, -0.1) is 6.58 Å². The van der Waals surface area contributed by atoms with Crippen molar-refractivity contribution in [1.82, 2.24) is 18.7 Å². The van der Waals surface area contributed by atoms with E-state index in [0.717, 1.165) is 5.71 Å². The molecule has 0 radical (unpaired) electrons. The lowest BCUT2D eigenvalue weighted by molar-refractivity contribution is 0.484. The van der Waals surface area contributed by atoms with Crippen LogP contribution in [0.15, 0.2) is 27.3 Å². The van der Waals surface area contributed by atoms with Crippen LogP contribution >= 0.6 is 0 Å². The summed E-state index contributed by atoms with van der Waals surface area (Å²) in [5, 5.41) is 6.16. The van der Waals surface area contributed by atoms with E-state index in [2.05, 4.69) is 16.7 Å². The fourth-order valence-electron chi connectivity index (χ4n) is 2.99. The van der Waals surface area contributed by atoms with Gasteiger partial charge >= 0.3 is 5.69 Å². The molecule has 1 aliphatic rings. The molecule has 8 nitrogen and oxygen atoms in total. The van der Waals surface area contributed by atoms with Crippen molar-refractivity contribution >= 4 is 22.8 Å². The van der Waals surface area contributed by atoms with E-state index in [1.54, 1.807) is 18.1 Å². The van der Waals surface area contributed by atoms with Crippen LogP contribution in [0.25, 0.3) is 11.2 Å². The van der Waals surface area contributed by atoms with Gasteiger partial charge in [0.15, 0.2) is 11.2 Å². The van der Waals surface area contributed by atoms with Gasteiger partial charge in [0.25, 0.3) is 5.56 Å². The van der Waals surface area contributed by atoms with E-state index < -0.39 is 0 Å². The molecule has 3 heterocycles. The smallest absolute Gasteiger partial charge is 0.297 e. The Morgan fingerprint density at radius 1 is 1.33 bits per heavy atom. The molecule has 2 aromatic heterocycles. The van der Waals surface area contributed by atoms with Crippen LogP contribution in [0, 0.1) is 5.92 Å². The van der Waals surface area contributed by atoms with E-state index in [9.17, 15) is 9.59 Å². The Morgan fingerprint density at radius 2 is 2.04 bits per heavy atom. The Balaban J connectivity index is 2.35. The Bertz CT molecular complexity index is 960. The number of hydrogen-bond acceptors (Lipinski definition) is 5. The first-order chi connectivity index (χ1) is 11.3. The summed E-state index contributed by atoms with van der Waals surface area (Å²) in [4.78, 5) is 30.0. The topological polar surface area (TPSA) is 77.4 Å². The van der Waals surface area contributed by atoms with E-state index in [0.29, 0.717) is 36.7 Å². The van der Waals surface area contributed by atoms with E-state index >= 15 is 0 Å². The molecular weight excluding hydrogens is 308 g/mol. The van der Waals surface area contributed by atoms with Gasteiger partial charge < -0.3 is 0 Å². The molecule has 3 rings (SSSR count). The fourth-order valence-corrected chi connectivity index (χ4v) is 2.99. The van der Waals surface area contributed by atoms with E-state index in [-0.39, 0.29) is 17.2 Å². The largest absolute Gasteiger partial charge is 0.332 e. The van der Waals surface area contributed by atoms with Gasteiger partial charge in [-0.3, -0.25) is 18.5 Å². The Morgan fingerprint density at radius 3 is 2.67 bits per heavy atom. The van der Waals surface area contributed by atoms with E-state index in [4.69, 9.17) is 0 Å². The number of imidazole rings is 1. The third kappa shape index (κ3) is 2.38. The SMILES string of the molecule is C=CCN1N=C(C)Cn2c1nc1c2c(=O)n(CC(C)C)c(=O)n1C. The van der Waals surface area contributed by atoms with E-state index in [1.165, 1.54) is 9.13 Å². The molecule has 24 heavy (non-hydrogen) atoms. The zero-order valence-corrected chi connectivity index (χ0v) is 14.5. The second-order valence-electron chi connectivity index (χ2n) is 6.53. The number of rotatable bonds is 4. The third-order valence-corrected chi connectivity index (χ3v) is 3.97. The Hall–Kier alpha value is -2.64. The summed E-state index contributed by atoms with van der Waals surface area (Å²) >= 11 is 0. The van der Waals surface area contributed by atoms with Gasteiger partial charge in [0, 0.05) is 13.6 Å². The van der Waals surface area contributed by atoms with Crippen LogP contribution in [0.4, 0.5) is 5.95 Å². The first-order valence-corrected chi connectivity index (χ1v) is 7.97. The zero-order chi connectivity index (χ0) is 17.6. The lowest BCUT2D eigenvalue weighted by Crippen LogP contribution is -2.41. The highest BCUT2D eigenvalue weighted by Gasteiger charge is 2.26. The second kappa shape index (κ2) is 5.77. The summed E-state index contributed by atoms with van der Waals surface area (Å²) in [6, 6.07) is 0. The fraction of sp³-hybridized carbons (Fsp3) is 0.500. The highest BCUT2D eigenvalue weighted by Crippen LogP contribution is 2.23. The maximum absolute atomic E-state index is 13.0. The van der Waals surface area contributed by atoms with Gasteiger partial charge in [-0.05, 0) is 12.8 Å². The molecule has 0 spiro atoms. The van der Waals surface area contributed by atoms with Crippen LogP contribution in [-0.2, 0) is 20.1 Å². The van der Waals surface area contributed by atoms with Crippen molar-refractivity contribution in [2.24, 2.45) is 18.1 Å². The van der Waals surface area contributed by atoms with Gasteiger partial charge in [0.05, 0.1) is 18.8 Å². The molecule has 0 unspecified atom stereocenters. The number of fused-ring (bicyclic) bond motifs is 3. The molecule has 128 valence electrons. The quantitative estimate of drug-likeness (QED) is 0.782. The molecule has 2 aromatic rings. The molecule has 0 aromatic carbocycles. The summed E-state index contributed by atoms with van der Waals surface area (Å²) in [5.41, 5.74) is 1.06. The molecule has 0 fully saturated rings. The highest BCUT2D eigenvalue weighted by atomic mass is 16.2. The number of aromatic nitrogens is 4. The average Bonchev–Trinajstić information content (AvgIpc) is 2.89. The summed E-state index contributed by atoms with van der Waals surface area (Å²) in [7, 11) is 1.64. The van der Waals surface area contributed by atoms with Crippen LogP contribution in [0.1, 0.15) is 20.8 Å². The molecule has 0 N–H and O–H groups in total. The van der Waals surface area contributed by atoms with Gasteiger partial charge in [-0.2, -0.15) is 10.1 Å². The van der Waals surface area contributed by atoms with Crippen LogP contribution in [0.3, 0.4) is 0 Å². The third-order valence-electron chi connectivity index (χ3n) is 3.97. The van der Waals surface area contributed by atoms with Crippen molar-refractivity contribution in [3.63, 3.8) is 0 Å². The maximum Gasteiger partial charge on any atom is 0.332 e. The summed E-state index contributed by atoms with van der Waals surface area (Å²) in [6.45, 7) is 10.9. The maximum atomic E-state index is 13.0. The van der Waals surface area contributed by atoms with Crippen molar-refractivity contribution in [1.29, 1.82) is 0 Å². The molecule has 0 amide bonds. The lowest BCUT2D eigenvalue weighted by atomic mass is 10.2. The molecule has 0 saturated heterocycles. The first kappa shape index (κ1) is 16.2. The van der Waals surface area contributed by atoms with Crippen molar-refractivity contribution in [2.45, 2.75) is 33.9 Å². The summed E-state index contributed by atoms with van der Waals surface area (Å²) < 4.78 is 4.56. The zero-order valence-electron chi connectivity index (χ0n) is 14.5. The number of aryl methyl sites for hydroxylation is 1. The van der Waals surface area contributed by atoms with Gasteiger partial charge in [-0.1, -0.05) is 19.9 Å². The minimum absolute atomic E-state index is 0.192. The monoisotopic (exact) mass is 330 g/mol. The van der Waals surface area contributed by atoms with E-state index in [1.807, 2.05) is 25.3 Å². The molecule has 0 bridgehead atoms. The van der Waals surface area contributed by atoms with Gasteiger partial charge in [0.1, 0.15) is 0 Å². The predicted octanol–water partition coefficient (Wildman–Crippen LogP) is 0.935. The van der Waals surface area contributed by atoms with Crippen molar-refractivity contribution in [3.8, 4) is 0 Å². The Kier molecular flexibility index (Phi) is 3.90. The lowest BCUT2D eigenvalue weighted by Gasteiger charge is -2.23. The summed E-state index contributed by atoms with van der Waals surface area (Å²) in [5.74, 6) is 0.752. The minimum atomic E-state index is -0.343. The molecule has 0 saturated carbocycles. The standard InChI is InChI=1S/C16H22N6O2/c1-6-7-22-15-17-13-12(20(15)9-11(4)18-22)14(23)21(8-10(2)3)16(24)19(13)5/h6,10H,1,7-9H2,2-5H3. The van der Waals surface area contributed by atoms with Crippen LogP contribution in [0.2, 0.25) is 0 Å². The molecule has 0 aliphatic carbocycles. The van der Waals surface area contributed by atoms with Crippen molar-refractivity contribution in [3.05, 3.63) is 33.5 Å². The average molecular weight is 330 g/mol. The summed E-state index contributed by atoms with van der Waals surface area (Å²) in [6.07, 6.45) is 1.72. The molecule has 8 heteroatoms. The molecule has 1 aliphatic heterocycles. The Labute approximate surface area is 139 Å². The second-order valence-corrected chi connectivity index (χ2v) is 6.53. The normalized spacial score (nSPS) is 14.2. The molecule has 0 atom stereocenters. The van der Waals surface area contributed by atoms with Crippen molar-refractivity contribution in [2.75, 3.05) is 11.6 Å². The van der Waals surface area contributed by atoms with Gasteiger partial charge in [-0.25, -0.2) is 9.80 Å². The van der Waals surface area contributed by atoms with Crippen LogP contribution < -0.4 is 16.3 Å². The predicted molar refractivity (Wildman–Crippen MR) is 94.7 cm³/mol. The highest BCUT2D eigenvalue weighted by molar-refractivity contribution is 5.87. The number of anilines is 1. The van der Waals surface area contributed by atoms with Crippen LogP contribution in [0.5, 0.6) is 0 Å². The van der Waals surface area contributed by atoms with Gasteiger partial charge in [0.2, 0.25) is 5.95 Å². The number of hydrogen-bond donors (Lipinski definition) is 0. The minimum Gasteiger partial charge on any atom is -0.297 e. The van der Waals surface area contributed by atoms with Crippen LogP contribution in [-0.4, -0.2) is 30.9 Å². The number of hydrazone groups is 1. The number of nitrogens with zero attached hydrogens (tertiary/aromatic N) is 6. The first-order valence-electron chi connectivity index (χ1n) is 7.97.